The summed E-state index contributed by atoms with van der Waals surface area (Å²) < 4.78 is 5.23. The number of carbonyl (C=O) groups excluding carboxylic acids is 1. The van der Waals surface area contributed by atoms with E-state index in [1.807, 2.05) is 41.6 Å². The summed E-state index contributed by atoms with van der Waals surface area (Å²) in [5.74, 6) is 0.873. The van der Waals surface area contributed by atoms with Crippen LogP contribution in [0.4, 0.5) is 10.5 Å². The van der Waals surface area contributed by atoms with E-state index in [1.165, 1.54) is 17.3 Å². The zero-order valence-electron chi connectivity index (χ0n) is 16.4. The van der Waals surface area contributed by atoms with E-state index in [-0.39, 0.29) is 6.03 Å². The lowest BCUT2D eigenvalue weighted by molar-refractivity contribution is 0.195. The van der Waals surface area contributed by atoms with E-state index in [1.54, 1.807) is 0 Å². The van der Waals surface area contributed by atoms with Gasteiger partial charge in [0.05, 0.1) is 0 Å². The summed E-state index contributed by atoms with van der Waals surface area (Å²) in [6.45, 7) is 1.45. The predicted octanol–water partition coefficient (Wildman–Crippen LogP) is 4.70. The van der Waals surface area contributed by atoms with Crippen LogP contribution in [0.15, 0.2) is 71.7 Å². The fraction of sp³-hybridized carbons (Fsp3) is 0.217. The van der Waals surface area contributed by atoms with Gasteiger partial charge in [-0.15, -0.1) is 10.2 Å². The van der Waals surface area contributed by atoms with E-state index in [9.17, 15) is 4.79 Å². The van der Waals surface area contributed by atoms with Gasteiger partial charge in [-0.25, -0.2) is 4.79 Å². The van der Waals surface area contributed by atoms with Crippen molar-refractivity contribution in [2.75, 3.05) is 18.4 Å². The fourth-order valence-corrected chi connectivity index (χ4v) is 4.13. The highest BCUT2D eigenvalue weighted by atomic mass is 16.4. The number of benzene rings is 2. The number of hydrogen-bond acceptors (Lipinski definition) is 5. The summed E-state index contributed by atoms with van der Waals surface area (Å²) in [7, 11) is 0. The first-order valence-corrected chi connectivity index (χ1v) is 10.0. The molecule has 0 spiro atoms. The molecule has 1 N–H and O–H groups in total. The number of carbonyl (C=O) groups is 1. The quantitative estimate of drug-likeness (QED) is 0.540. The largest absolute Gasteiger partial charge is 0.423 e. The molecule has 1 aliphatic rings. The second-order valence-electron chi connectivity index (χ2n) is 7.46. The Morgan fingerprint density at radius 1 is 1.10 bits per heavy atom. The molecule has 0 atom stereocenters. The van der Waals surface area contributed by atoms with Crippen LogP contribution in [0.2, 0.25) is 0 Å². The fourth-order valence-electron chi connectivity index (χ4n) is 4.13. The molecule has 2 aromatic heterocycles. The van der Waals surface area contributed by atoms with Crippen molar-refractivity contribution in [1.82, 2.24) is 20.1 Å². The number of nitrogens with one attached hydrogen (secondary N) is 1. The Morgan fingerprint density at radius 3 is 2.80 bits per heavy atom. The molecular weight excluding hydrogens is 378 g/mol. The van der Waals surface area contributed by atoms with Gasteiger partial charge in [0.1, 0.15) is 0 Å². The molecule has 2 aromatic carbocycles. The normalized spacial score (nSPS) is 14.7. The number of urea groups is 1. The number of aromatic nitrogens is 3. The number of rotatable bonds is 3. The van der Waals surface area contributed by atoms with Gasteiger partial charge >= 0.3 is 6.03 Å². The summed E-state index contributed by atoms with van der Waals surface area (Å²) in [6.07, 6.45) is 6.92. The van der Waals surface area contributed by atoms with Crippen LogP contribution in [0.25, 0.3) is 22.2 Å². The summed E-state index contributed by atoms with van der Waals surface area (Å²) >= 11 is 0. The molecule has 4 aromatic rings. The molecule has 0 radical (unpaired) electrons. The Labute approximate surface area is 173 Å². The molecule has 30 heavy (non-hydrogen) atoms. The molecule has 7 nitrogen and oxygen atoms in total. The monoisotopic (exact) mass is 399 g/mol. The molecular formula is C23H21N5O2. The molecule has 2 amide bonds. The van der Waals surface area contributed by atoms with Crippen molar-refractivity contribution in [3.8, 4) is 11.5 Å². The van der Waals surface area contributed by atoms with Gasteiger partial charge in [0, 0.05) is 42.1 Å². The van der Waals surface area contributed by atoms with Gasteiger partial charge in [0.15, 0.2) is 0 Å². The molecule has 1 aliphatic heterocycles. The van der Waals surface area contributed by atoms with E-state index in [0.29, 0.717) is 17.5 Å². The van der Waals surface area contributed by atoms with Crippen molar-refractivity contribution < 1.29 is 9.21 Å². The lowest BCUT2D eigenvalue weighted by atomic mass is 9.87. The van der Waals surface area contributed by atoms with Crippen LogP contribution in [-0.4, -0.2) is 39.2 Å². The minimum absolute atomic E-state index is 0.0850. The van der Waals surface area contributed by atoms with Crippen molar-refractivity contribution >= 4 is 22.5 Å². The lowest BCUT2D eigenvalue weighted by Crippen LogP contribution is -2.40. The molecule has 0 aliphatic carbocycles. The molecule has 5 rings (SSSR count). The van der Waals surface area contributed by atoms with Crippen LogP contribution in [0.1, 0.15) is 24.3 Å². The van der Waals surface area contributed by atoms with E-state index >= 15 is 0 Å². The molecule has 1 fully saturated rings. The zero-order chi connectivity index (χ0) is 20.3. The van der Waals surface area contributed by atoms with Crippen molar-refractivity contribution in [2.24, 2.45) is 0 Å². The highest BCUT2D eigenvalue weighted by Gasteiger charge is 2.25. The zero-order valence-corrected chi connectivity index (χ0v) is 16.4. The van der Waals surface area contributed by atoms with Crippen LogP contribution < -0.4 is 5.32 Å². The van der Waals surface area contributed by atoms with Gasteiger partial charge < -0.3 is 14.6 Å². The first-order valence-electron chi connectivity index (χ1n) is 10.0. The van der Waals surface area contributed by atoms with E-state index < -0.39 is 0 Å². The van der Waals surface area contributed by atoms with Crippen molar-refractivity contribution in [3.05, 3.63) is 72.9 Å². The maximum absolute atomic E-state index is 12.8. The molecule has 0 bridgehead atoms. The number of piperidine rings is 1. The predicted molar refractivity (Wildman–Crippen MR) is 114 cm³/mol. The highest BCUT2D eigenvalue weighted by Crippen LogP contribution is 2.33. The number of pyridine rings is 1. The van der Waals surface area contributed by atoms with Crippen molar-refractivity contribution in [2.45, 2.75) is 18.8 Å². The van der Waals surface area contributed by atoms with Crippen LogP contribution in [0.5, 0.6) is 0 Å². The maximum Gasteiger partial charge on any atom is 0.321 e. The number of nitrogens with zero attached hydrogens (tertiary/aromatic N) is 4. The molecule has 150 valence electrons. The van der Waals surface area contributed by atoms with Crippen LogP contribution >= 0.6 is 0 Å². The van der Waals surface area contributed by atoms with Crippen molar-refractivity contribution in [1.29, 1.82) is 0 Å². The SMILES string of the molecule is O=C(Nc1cccc(-c2nnco2)c1)N1CCC(c2cccc3cnccc23)CC1. The van der Waals surface area contributed by atoms with Crippen LogP contribution in [0.3, 0.4) is 0 Å². The third-order valence-corrected chi connectivity index (χ3v) is 5.66. The van der Waals surface area contributed by atoms with Crippen molar-refractivity contribution in [3.63, 3.8) is 0 Å². The minimum Gasteiger partial charge on any atom is -0.423 e. The standard InChI is InChI=1S/C23H21N5O2/c29-23(26-19-5-1-3-17(13-19)22-27-25-15-30-22)28-11-8-16(9-12-28)20-6-2-4-18-14-24-10-7-21(18)20/h1-7,10,13-16H,8-9,11-12H2,(H,26,29). The van der Waals surface area contributed by atoms with Gasteiger partial charge in [-0.2, -0.15) is 0 Å². The number of amides is 2. The molecule has 3 heterocycles. The van der Waals surface area contributed by atoms with Crippen LogP contribution in [-0.2, 0) is 0 Å². The average Bonchev–Trinajstić information content (AvgIpc) is 3.34. The average molecular weight is 399 g/mol. The summed E-state index contributed by atoms with van der Waals surface area (Å²) in [4.78, 5) is 18.9. The Morgan fingerprint density at radius 2 is 1.97 bits per heavy atom. The highest BCUT2D eigenvalue weighted by molar-refractivity contribution is 5.90. The van der Waals surface area contributed by atoms with Gasteiger partial charge in [-0.05, 0) is 54.0 Å². The second kappa shape index (κ2) is 7.94. The van der Waals surface area contributed by atoms with Crippen LogP contribution in [0, 0.1) is 0 Å². The maximum atomic E-state index is 12.8. The minimum atomic E-state index is -0.0850. The Kier molecular flexibility index (Phi) is 4.85. The van der Waals surface area contributed by atoms with E-state index in [2.05, 4.69) is 44.8 Å². The summed E-state index contributed by atoms with van der Waals surface area (Å²) in [5, 5.41) is 13.0. The Hall–Kier alpha value is -3.74. The first-order chi connectivity index (χ1) is 14.8. The number of anilines is 1. The molecule has 7 heteroatoms. The summed E-state index contributed by atoms with van der Waals surface area (Å²) in [6, 6.07) is 15.8. The Bertz CT molecular complexity index is 1160. The number of fused-ring (bicyclic) bond motifs is 1. The Balaban J connectivity index is 1.25. The number of hydrogen-bond donors (Lipinski definition) is 1. The first kappa shape index (κ1) is 18.3. The molecule has 0 saturated carbocycles. The smallest absolute Gasteiger partial charge is 0.321 e. The second-order valence-corrected chi connectivity index (χ2v) is 7.46. The van der Waals surface area contributed by atoms with Gasteiger partial charge in [-0.3, -0.25) is 4.98 Å². The van der Waals surface area contributed by atoms with E-state index in [0.717, 1.165) is 36.9 Å². The third-order valence-electron chi connectivity index (χ3n) is 5.66. The molecule has 0 unspecified atom stereocenters. The molecule has 1 saturated heterocycles. The lowest BCUT2D eigenvalue weighted by Gasteiger charge is -2.32. The number of likely N-dealkylation sites (tertiary alicyclic amines) is 1. The summed E-state index contributed by atoms with van der Waals surface area (Å²) in [5.41, 5.74) is 2.83. The van der Waals surface area contributed by atoms with Gasteiger partial charge in [-0.1, -0.05) is 24.3 Å². The third kappa shape index (κ3) is 3.61. The van der Waals surface area contributed by atoms with Gasteiger partial charge in [0.2, 0.25) is 12.3 Å². The topological polar surface area (TPSA) is 84.2 Å². The van der Waals surface area contributed by atoms with Gasteiger partial charge in [0.25, 0.3) is 0 Å². The van der Waals surface area contributed by atoms with E-state index in [4.69, 9.17) is 4.42 Å².